The Hall–Kier alpha value is -3.13. The zero-order chi connectivity index (χ0) is 19.7. The Morgan fingerprint density at radius 1 is 1.25 bits per heavy atom. The lowest BCUT2D eigenvalue weighted by Gasteiger charge is -2.08. The lowest BCUT2D eigenvalue weighted by atomic mass is 10.0. The summed E-state index contributed by atoms with van der Waals surface area (Å²) in [5, 5.41) is 8.64. The minimum atomic E-state index is -2.64. The molecule has 0 aliphatic rings. The number of pyridine rings is 1. The summed E-state index contributed by atoms with van der Waals surface area (Å²) in [7, 11) is 0. The van der Waals surface area contributed by atoms with E-state index < -0.39 is 18.9 Å². The van der Waals surface area contributed by atoms with Crippen LogP contribution in [0.4, 0.5) is 8.78 Å². The van der Waals surface area contributed by atoms with Crippen LogP contribution >= 0.6 is 11.3 Å². The third-order valence-corrected chi connectivity index (χ3v) is 5.10. The van der Waals surface area contributed by atoms with Gasteiger partial charge in [0.05, 0.1) is 28.1 Å². The first kappa shape index (κ1) is 18.2. The van der Waals surface area contributed by atoms with Crippen molar-refractivity contribution in [3.63, 3.8) is 0 Å². The monoisotopic (exact) mass is 399 g/mol. The smallest absolute Gasteiger partial charge is 0.259 e. The first-order valence-electron chi connectivity index (χ1n) is 8.50. The molecule has 1 aromatic carbocycles. The molecule has 1 N–H and O–H groups in total. The molecule has 3 aromatic heterocycles. The van der Waals surface area contributed by atoms with Crippen LogP contribution in [0.15, 0.2) is 52.4 Å². The first-order chi connectivity index (χ1) is 13.5. The average molecular weight is 399 g/mol. The molecule has 3 heterocycles. The predicted molar refractivity (Wildman–Crippen MR) is 104 cm³/mol. The van der Waals surface area contributed by atoms with Crippen LogP contribution in [-0.4, -0.2) is 29.0 Å². The van der Waals surface area contributed by atoms with E-state index in [0.717, 1.165) is 16.0 Å². The van der Waals surface area contributed by atoms with Crippen molar-refractivity contribution in [1.29, 1.82) is 0 Å². The average Bonchev–Trinajstić information content (AvgIpc) is 3.36. The summed E-state index contributed by atoms with van der Waals surface area (Å²) in [5.74, 6) is -0.623. The molecule has 0 bridgehead atoms. The zero-order valence-electron chi connectivity index (χ0n) is 14.8. The van der Waals surface area contributed by atoms with E-state index in [4.69, 9.17) is 4.52 Å². The van der Waals surface area contributed by atoms with E-state index in [1.807, 2.05) is 48.7 Å². The van der Waals surface area contributed by atoms with E-state index in [1.54, 1.807) is 6.07 Å². The second-order valence-corrected chi connectivity index (χ2v) is 7.16. The van der Waals surface area contributed by atoms with E-state index in [0.29, 0.717) is 16.8 Å². The number of thiophene rings is 1. The number of hydrogen-bond donors (Lipinski definition) is 1. The second-order valence-electron chi connectivity index (χ2n) is 6.21. The molecule has 0 radical (unpaired) electrons. The summed E-state index contributed by atoms with van der Waals surface area (Å²) < 4.78 is 30.6. The van der Waals surface area contributed by atoms with Gasteiger partial charge in [-0.05, 0) is 24.4 Å². The van der Waals surface area contributed by atoms with Gasteiger partial charge in [0.25, 0.3) is 18.0 Å². The molecule has 142 valence electrons. The van der Waals surface area contributed by atoms with Gasteiger partial charge in [0.2, 0.25) is 0 Å². The number of rotatable bonds is 5. The lowest BCUT2D eigenvalue weighted by Crippen LogP contribution is -2.28. The number of amides is 1. The van der Waals surface area contributed by atoms with Crippen molar-refractivity contribution in [2.24, 2.45) is 0 Å². The van der Waals surface area contributed by atoms with Gasteiger partial charge in [0.1, 0.15) is 5.69 Å². The number of fused-ring (bicyclic) bond motifs is 1. The van der Waals surface area contributed by atoms with E-state index in [1.165, 1.54) is 11.3 Å². The largest absolute Gasteiger partial charge is 0.346 e. The zero-order valence-corrected chi connectivity index (χ0v) is 15.6. The third kappa shape index (κ3) is 3.50. The molecule has 4 aromatic rings. The van der Waals surface area contributed by atoms with E-state index in [9.17, 15) is 13.6 Å². The van der Waals surface area contributed by atoms with Crippen molar-refractivity contribution in [2.45, 2.75) is 13.3 Å². The second kappa shape index (κ2) is 7.47. The number of aryl methyl sites for hydroxylation is 1. The van der Waals surface area contributed by atoms with Gasteiger partial charge in [-0.3, -0.25) is 4.79 Å². The van der Waals surface area contributed by atoms with Crippen molar-refractivity contribution in [1.82, 2.24) is 15.5 Å². The van der Waals surface area contributed by atoms with Crippen molar-refractivity contribution < 1.29 is 18.1 Å². The van der Waals surface area contributed by atoms with E-state index in [2.05, 4.69) is 15.5 Å². The van der Waals surface area contributed by atoms with Gasteiger partial charge in [0, 0.05) is 5.56 Å². The molecule has 5 nitrogen and oxygen atoms in total. The Labute approximate surface area is 163 Å². The summed E-state index contributed by atoms with van der Waals surface area (Å²) in [6.45, 7) is 1.23. The van der Waals surface area contributed by atoms with E-state index in [-0.39, 0.29) is 11.3 Å². The first-order valence-corrected chi connectivity index (χ1v) is 9.38. The van der Waals surface area contributed by atoms with Gasteiger partial charge in [0.15, 0.2) is 0 Å². The Balaban J connectivity index is 1.89. The fourth-order valence-corrected chi connectivity index (χ4v) is 3.54. The molecule has 0 saturated carbocycles. The maximum Gasteiger partial charge on any atom is 0.259 e. The summed E-state index contributed by atoms with van der Waals surface area (Å²) in [4.78, 5) is 18.0. The minimum absolute atomic E-state index is 0.184. The van der Waals surface area contributed by atoms with Gasteiger partial charge in [-0.1, -0.05) is 41.1 Å². The molecular weight excluding hydrogens is 384 g/mol. The lowest BCUT2D eigenvalue weighted by molar-refractivity contribution is 0.0893. The predicted octanol–water partition coefficient (Wildman–Crippen LogP) is 4.92. The minimum Gasteiger partial charge on any atom is -0.346 e. The maximum absolute atomic E-state index is 12.7. The number of nitrogens with zero attached hydrogens (tertiary/aromatic N) is 2. The Kier molecular flexibility index (Phi) is 4.87. The number of aromatic nitrogens is 2. The van der Waals surface area contributed by atoms with Crippen LogP contribution in [0.25, 0.3) is 32.9 Å². The highest BCUT2D eigenvalue weighted by molar-refractivity contribution is 7.13. The molecule has 0 unspecified atom stereocenters. The molecule has 1 amide bonds. The third-order valence-electron chi connectivity index (χ3n) is 4.21. The highest BCUT2D eigenvalue weighted by Crippen LogP contribution is 2.33. The number of halogens is 2. The molecule has 28 heavy (non-hydrogen) atoms. The summed E-state index contributed by atoms with van der Waals surface area (Å²) in [5.41, 5.74) is 3.18. The highest BCUT2D eigenvalue weighted by atomic mass is 32.1. The summed E-state index contributed by atoms with van der Waals surface area (Å²) in [6, 6.07) is 12.9. The number of carbonyl (C=O) groups is 1. The van der Waals surface area contributed by atoms with Crippen LogP contribution in [-0.2, 0) is 0 Å². The van der Waals surface area contributed by atoms with Crippen molar-refractivity contribution in [3.05, 3.63) is 59.0 Å². The topological polar surface area (TPSA) is 68.0 Å². The number of alkyl halides is 2. The fourth-order valence-electron chi connectivity index (χ4n) is 2.85. The Morgan fingerprint density at radius 2 is 2.04 bits per heavy atom. The maximum atomic E-state index is 12.7. The highest BCUT2D eigenvalue weighted by Gasteiger charge is 2.22. The fraction of sp³-hybridized carbons (Fsp3) is 0.150. The van der Waals surface area contributed by atoms with Crippen LogP contribution < -0.4 is 5.32 Å². The normalized spacial score (nSPS) is 11.3. The standard InChI is InChI=1S/C20H15F2N3O2S/c1-11-4-6-12(7-5-11)18-17-13(19(26)23-10-16(21)22)9-14(15-3-2-8-28-15)24-20(17)27-25-18/h2-9,16H,10H2,1H3,(H,23,26). The van der Waals surface area contributed by atoms with Crippen molar-refractivity contribution >= 4 is 28.3 Å². The van der Waals surface area contributed by atoms with Gasteiger partial charge < -0.3 is 9.84 Å². The molecule has 0 fully saturated rings. The molecule has 0 aliphatic carbocycles. The van der Waals surface area contributed by atoms with E-state index >= 15 is 0 Å². The Bertz CT molecular complexity index is 1120. The number of carbonyl (C=O) groups excluding carboxylic acids is 1. The Morgan fingerprint density at radius 3 is 2.71 bits per heavy atom. The number of hydrogen-bond acceptors (Lipinski definition) is 5. The van der Waals surface area contributed by atoms with Crippen LogP contribution in [0.2, 0.25) is 0 Å². The van der Waals surface area contributed by atoms with Crippen molar-refractivity contribution in [2.75, 3.05) is 6.54 Å². The SMILES string of the molecule is Cc1ccc(-c2noc3nc(-c4cccs4)cc(C(=O)NCC(F)F)c23)cc1. The van der Waals surface area contributed by atoms with Gasteiger partial charge in [-0.25, -0.2) is 13.8 Å². The van der Waals surface area contributed by atoms with Crippen LogP contribution in [0.5, 0.6) is 0 Å². The molecule has 0 spiro atoms. The molecule has 0 atom stereocenters. The van der Waals surface area contributed by atoms with Gasteiger partial charge >= 0.3 is 0 Å². The van der Waals surface area contributed by atoms with Gasteiger partial charge in [-0.15, -0.1) is 11.3 Å². The van der Waals surface area contributed by atoms with Crippen LogP contribution in [0.1, 0.15) is 15.9 Å². The van der Waals surface area contributed by atoms with Crippen molar-refractivity contribution in [3.8, 4) is 21.8 Å². The molecule has 8 heteroatoms. The van der Waals surface area contributed by atoms with Crippen LogP contribution in [0.3, 0.4) is 0 Å². The number of nitrogens with one attached hydrogen (secondary N) is 1. The quantitative estimate of drug-likeness (QED) is 0.517. The van der Waals surface area contributed by atoms with Crippen LogP contribution in [0, 0.1) is 6.92 Å². The summed E-state index contributed by atoms with van der Waals surface area (Å²) >= 11 is 1.45. The number of benzene rings is 1. The molecule has 0 saturated heterocycles. The molecule has 4 rings (SSSR count). The van der Waals surface area contributed by atoms with Gasteiger partial charge in [-0.2, -0.15) is 0 Å². The molecule has 0 aliphatic heterocycles. The summed E-state index contributed by atoms with van der Waals surface area (Å²) in [6.07, 6.45) is -2.64. The molecular formula is C20H15F2N3O2S.